The highest BCUT2D eigenvalue weighted by molar-refractivity contribution is 7.90. The fourth-order valence-electron chi connectivity index (χ4n) is 1.07. The number of sulfone groups is 1. The number of carbonyl (C=O) groups excluding carboxylic acids is 1. The number of carboxylic acids is 2. The molecule has 3 N–H and O–H groups in total. The van der Waals surface area contributed by atoms with Gasteiger partial charge in [-0.05, 0) is 6.42 Å². The molecule has 0 aliphatic rings. The summed E-state index contributed by atoms with van der Waals surface area (Å²) in [7, 11) is -3.30. The van der Waals surface area contributed by atoms with Crippen molar-refractivity contribution in [1.82, 2.24) is 5.32 Å². The van der Waals surface area contributed by atoms with Gasteiger partial charge in [0.15, 0.2) is 0 Å². The Kier molecular flexibility index (Phi) is 6.31. The van der Waals surface area contributed by atoms with Crippen molar-refractivity contribution < 1.29 is 33.0 Å². The van der Waals surface area contributed by atoms with Crippen molar-refractivity contribution in [1.29, 1.82) is 0 Å². The van der Waals surface area contributed by atoms with Gasteiger partial charge in [-0.2, -0.15) is 0 Å². The first-order valence-corrected chi connectivity index (χ1v) is 7.09. The van der Waals surface area contributed by atoms with Gasteiger partial charge in [-0.3, -0.25) is 9.59 Å². The topological polar surface area (TPSA) is 138 Å². The number of carboxylic acid groups (broad SMARTS) is 2. The van der Waals surface area contributed by atoms with Crippen molar-refractivity contribution >= 4 is 27.7 Å². The summed E-state index contributed by atoms with van der Waals surface area (Å²) in [5.41, 5.74) is 0. The average molecular weight is 281 g/mol. The third-order valence-electron chi connectivity index (χ3n) is 1.98. The molecule has 0 saturated carbocycles. The minimum Gasteiger partial charge on any atom is -0.481 e. The van der Waals surface area contributed by atoms with E-state index in [1.165, 1.54) is 0 Å². The normalized spacial score (nSPS) is 12.7. The molecule has 0 unspecified atom stereocenters. The molecule has 1 amide bonds. The van der Waals surface area contributed by atoms with Crippen LogP contribution < -0.4 is 5.32 Å². The zero-order chi connectivity index (χ0) is 14.3. The molecular formula is C9H15NO7S. The highest BCUT2D eigenvalue weighted by atomic mass is 32.2. The van der Waals surface area contributed by atoms with E-state index in [9.17, 15) is 22.8 Å². The van der Waals surface area contributed by atoms with Crippen LogP contribution in [0.15, 0.2) is 0 Å². The van der Waals surface area contributed by atoms with Gasteiger partial charge in [0.05, 0.1) is 5.75 Å². The van der Waals surface area contributed by atoms with Gasteiger partial charge < -0.3 is 15.5 Å². The van der Waals surface area contributed by atoms with Gasteiger partial charge in [-0.1, -0.05) is 0 Å². The molecule has 104 valence electrons. The lowest BCUT2D eigenvalue weighted by Gasteiger charge is -2.13. The maximum atomic E-state index is 11.3. The quantitative estimate of drug-likeness (QED) is 0.511. The number of rotatable bonds is 8. The van der Waals surface area contributed by atoms with Crippen LogP contribution >= 0.6 is 0 Å². The molecule has 18 heavy (non-hydrogen) atoms. The van der Waals surface area contributed by atoms with E-state index in [-0.39, 0.29) is 18.6 Å². The lowest BCUT2D eigenvalue weighted by atomic mass is 10.1. The lowest BCUT2D eigenvalue weighted by molar-refractivity contribution is -0.143. The van der Waals surface area contributed by atoms with Crippen LogP contribution in [0, 0.1) is 0 Å². The Morgan fingerprint density at radius 1 is 1.17 bits per heavy atom. The van der Waals surface area contributed by atoms with Gasteiger partial charge in [0.25, 0.3) is 0 Å². The van der Waals surface area contributed by atoms with Crippen LogP contribution in [0.3, 0.4) is 0 Å². The van der Waals surface area contributed by atoms with Crippen molar-refractivity contribution in [3.8, 4) is 0 Å². The van der Waals surface area contributed by atoms with Gasteiger partial charge in [0, 0.05) is 19.1 Å². The van der Waals surface area contributed by atoms with E-state index in [1.807, 2.05) is 0 Å². The van der Waals surface area contributed by atoms with Crippen LogP contribution in [0.2, 0.25) is 0 Å². The Bertz CT molecular complexity index is 428. The van der Waals surface area contributed by atoms with Crippen molar-refractivity contribution in [2.45, 2.75) is 25.3 Å². The Labute approximate surface area is 104 Å². The highest BCUT2D eigenvalue weighted by Gasteiger charge is 2.21. The molecule has 0 bridgehead atoms. The second-order valence-corrected chi connectivity index (χ2v) is 6.03. The number of hydrogen-bond acceptors (Lipinski definition) is 5. The van der Waals surface area contributed by atoms with Gasteiger partial charge in [-0.15, -0.1) is 0 Å². The number of amides is 1. The van der Waals surface area contributed by atoms with Crippen molar-refractivity contribution in [3.05, 3.63) is 0 Å². The molecule has 9 heteroatoms. The Hall–Kier alpha value is -1.64. The van der Waals surface area contributed by atoms with E-state index >= 15 is 0 Å². The third-order valence-corrected chi connectivity index (χ3v) is 2.93. The molecule has 0 saturated heterocycles. The van der Waals surface area contributed by atoms with Gasteiger partial charge >= 0.3 is 11.9 Å². The minimum absolute atomic E-state index is 0.255. The molecule has 0 aromatic heterocycles. The lowest BCUT2D eigenvalue weighted by Crippen LogP contribution is -2.41. The minimum atomic E-state index is -3.30. The Morgan fingerprint density at radius 3 is 2.11 bits per heavy atom. The molecule has 1 atom stereocenters. The van der Waals surface area contributed by atoms with E-state index in [1.54, 1.807) is 0 Å². The smallest absolute Gasteiger partial charge is 0.326 e. The Morgan fingerprint density at radius 2 is 1.72 bits per heavy atom. The fraction of sp³-hybridized carbons (Fsp3) is 0.667. The molecular weight excluding hydrogens is 266 g/mol. The molecule has 0 aliphatic carbocycles. The Balaban J connectivity index is 4.28. The molecule has 0 rings (SSSR count). The molecule has 8 nitrogen and oxygen atoms in total. The monoisotopic (exact) mass is 281 g/mol. The second-order valence-electron chi connectivity index (χ2n) is 3.77. The standard InChI is InChI=1S/C9H15NO7S/c1-18(16,17)5-4-7(11)10-6(9(14)15)2-3-8(12)13/h6H,2-5H2,1H3,(H,10,11)(H,12,13)(H,14,15)/t6-/m0/s1. The summed E-state index contributed by atoms with van der Waals surface area (Å²) in [5, 5.41) is 19.2. The van der Waals surface area contributed by atoms with Gasteiger partial charge in [-0.25, -0.2) is 13.2 Å². The predicted octanol–water partition coefficient (Wildman–Crippen LogP) is -1.14. The molecule has 0 aromatic carbocycles. The summed E-state index contributed by atoms with van der Waals surface area (Å²) in [6.45, 7) is 0. The maximum Gasteiger partial charge on any atom is 0.326 e. The average Bonchev–Trinajstić information content (AvgIpc) is 2.19. The predicted molar refractivity (Wildman–Crippen MR) is 60.8 cm³/mol. The number of hydrogen-bond donors (Lipinski definition) is 3. The number of carbonyl (C=O) groups is 3. The molecule has 0 spiro atoms. The van der Waals surface area contributed by atoms with E-state index in [0.29, 0.717) is 0 Å². The summed E-state index contributed by atoms with van der Waals surface area (Å²) in [5.74, 6) is -3.65. The second kappa shape index (κ2) is 6.94. The molecule has 0 radical (unpaired) electrons. The summed E-state index contributed by atoms with van der Waals surface area (Å²) in [6, 6.07) is -1.33. The van der Waals surface area contributed by atoms with Crippen molar-refractivity contribution in [2.75, 3.05) is 12.0 Å². The first-order valence-electron chi connectivity index (χ1n) is 5.03. The first-order chi connectivity index (χ1) is 8.11. The number of nitrogens with one attached hydrogen (secondary N) is 1. The van der Waals surface area contributed by atoms with E-state index in [0.717, 1.165) is 6.26 Å². The molecule has 0 aromatic rings. The largest absolute Gasteiger partial charge is 0.481 e. The maximum absolute atomic E-state index is 11.3. The van der Waals surface area contributed by atoms with Crippen LogP contribution in [0.4, 0.5) is 0 Å². The van der Waals surface area contributed by atoms with E-state index < -0.39 is 40.1 Å². The first kappa shape index (κ1) is 16.4. The zero-order valence-electron chi connectivity index (χ0n) is 9.75. The van der Waals surface area contributed by atoms with E-state index in [2.05, 4.69) is 5.32 Å². The van der Waals surface area contributed by atoms with E-state index in [4.69, 9.17) is 10.2 Å². The highest BCUT2D eigenvalue weighted by Crippen LogP contribution is 1.99. The van der Waals surface area contributed by atoms with Crippen LogP contribution in [0.5, 0.6) is 0 Å². The summed E-state index contributed by atoms with van der Waals surface area (Å²) < 4.78 is 21.6. The number of aliphatic carboxylic acids is 2. The van der Waals surface area contributed by atoms with Crippen LogP contribution in [-0.2, 0) is 24.2 Å². The third kappa shape index (κ3) is 8.50. The van der Waals surface area contributed by atoms with Crippen LogP contribution in [0.25, 0.3) is 0 Å². The molecule has 0 fully saturated rings. The summed E-state index contributed by atoms with van der Waals surface area (Å²) in [6.07, 6.45) is -0.0479. The van der Waals surface area contributed by atoms with Crippen molar-refractivity contribution in [2.24, 2.45) is 0 Å². The van der Waals surface area contributed by atoms with Crippen LogP contribution in [-0.4, -0.2) is 54.5 Å². The molecule has 0 heterocycles. The zero-order valence-corrected chi connectivity index (χ0v) is 10.6. The van der Waals surface area contributed by atoms with Gasteiger partial charge in [0.1, 0.15) is 15.9 Å². The fourth-order valence-corrected chi connectivity index (χ4v) is 1.63. The summed E-state index contributed by atoms with van der Waals surface area (Å²) in [4.78, 5) is 32.3. The SMILES string of the molecule is CS(=O)(=O)CCC(=O)N[C@@H](CCC(=O)O)C(=O)O. The van der Waals surface area contributed by atoms with Crippen LogP contribution in [0.1, 0.15) is 19.3 Å². The summed E-state index contributed by atoms with van der Waals surface area (Å²) >= 11 is 0. The van der Waals surface area contributed by atoms with Crippen molar-refractivity contribution in [3.63, 3.8) is 0 Å². The van der Waals surface area contributed by atoms with Gasteiger partial charge in [0.2, 0.25) is 5.91 Å². The molecule has 0 aliphatic heterocycles.